The van der Waals surface area contributed by atoms with Crippen molar-refractivity contribution in [2.24, 2.45) is 0 Å². The molecule has 1 aromatic carbocycles. The molecule has 0 aliphatic carbocycles. The van der Waals surface area contributed by atoms with Gasteiger partial charge in [-0.2, -0.15) is 0 Å². The quantitative estimate of drug-likeness (QED) is 0.511. The van der Waals surface area contributed by atoms with Crippen LogP contribution < -0.4 is 0 Å². The number of amides is 3. The van der Waals surface area contributed by atoms with Gasteiger partial charge in [0.25, 0.3) is 11.8 Å². The molecule has 9 heteroatoms. The Kier molecular flexibility index (Phi) is 6.30. The van der Waals surface area contributed by atoms with Gasteiger partial charge in [-0.15, -0.1) is 0 Å². The topological polar surface area (TPSA) is 104 Å². The van der Waals surface area contributed by atoms with E-state index in [1.807, 2.05) is 43.6 Å². The maximum atomic E-state index is 12.9. The number of imidazole rings is 1. The molecule has 3 amide bonds. The molecular formula is C29H34N4O5. The second-order valence-electron chi connectivity index (χ2n) is 11.5. The lowest BCUT2D eigenvalue weighted by molar-refractivity contribution is -0.0351. The van der Waals surface area contributed by atoms with Gasteiger partial charge < -0.3 is 19.1 Å². The Labute approximate surface area is 222 Å². The van der Waals surface area contributed by atoms with Gasteiger partial charge in [-0.3, -0.25) is 14.5 Å². The van der Waals surface area contributed by atoms with Crippen molar-refractivity contribution in [3.8, 4) is 0 Å². The number of fused-ring (bicyclic) bond motifs is 2. The van der Waals surface area contributed by atoms with Crippen molar-refractivity contribution < 1.29 is 24.2 Å². The van der Waals surface area contributed by atoms with Crippen molar-refractivity contribution >= 4 is 23.6 Å². The number of benzene rings is 1. The third-order valence-corrected chi connectivity index (χ3v) is 7.23. The summed E-state index contributed by atoms with van der Waals surface area (Å²) in [5.41, 5.74) is 1.86. The predicted molar refractivity (Wildman–Crippen MR) is 141 cm³/mol. The SMILES string of the molecule is CC(C)c1cc(C2(O)CCN(C(=O)OC(C)(C)C)CC2)c2nc(CN3C(=O)c4ccccc4C3=O)cn2c1. The molecular weight excluding hydrogens is 484 g/mol. The molecule has 1 saturated heterocycles. The van der Waals surface area contributed by atoms with Crippen molar-refractivity contribution in [2.45, 2.75) is 71.1 Å². The Hall–Kier alpha value is -3.72. The summed E-state index contributed by atoms with van der Waals surface area (Å²) in [6.07, 6.45) is 4.08. The van der Waals surface area contributed by atoms with Crippen LogP contribution in [0.15, 0.2) is 42.7 Å². The maximum Gasteiger partial charge on any atom is 0.410 e. The predicted octanol–water partition coefficient (Wildman–Crippen LogP) is 4.47. The standard InChI is InChI=1S/C29H34N4O5/c1-18(2)19-14-23(29(37)10-12-31(13-11-29)27(36)38-28(3,4)5)24-30-20(16-32(24)15-19)17-33-25(34)21-8-6-7-9-22(21)26(33)35/h6-9,14-16,18,37H,10-13,17H2,1-5H3. The van der Waals surface area contributed by atoms with E-state index in [-0.39, 0.29) is 30.4 Å². The first-order chi connectivity index (χ1) is 17.9. The summed E-state index contributed by atoms with van der Waals surface area (Å²) in [4.78, 5) is 46.0. The van der Waals surface area contributed by atoms with Gasteiger partial charge in [0.2, 0.25) is 0 Å². The average molecular weight is 519 g/mol. The van der Waals surface area contributed by atoms with E-state index in [2.05, 4.69) is 13.8 Å². The molecule has 2 aliphatic rings. The molecule has 0 atom stereocenters. The van der Waals surface area contributed by atoms with E-state index in [9.17, 15) is 19.5 Å². The second kappa shape index (κ2) is 9.23. The number of carbonyl (C=O) groups excluding carboxylic acids is 3. The summed E-state index contributed by atoms with van der Waals surface area (Å²) < 4.78 is 7.38. The lowest BCUT2D eigenvalue weighted by Gasteiger charge is -2.39. The van der Waals surface area contributed by atoms with Crippen LogP contribution >= 0.6 is 0 Å². The molecule has 0 bridgehead atoms. The van der Waals surface area contributed by atoms with E-state index >= 15 is 0 Å². The third kappa shape index (κ3) is 4.67. The number of carbonyl (C=O) groups is 3. The van der Waals surface area contributed by atoms with Gasteiger partial charge in [-0.05, 0) is 63.3 Å². The first-order valence-corrected chi connectivity index (χ1v) is 13.0. The number of piperidine rings is 1. The summed E-state index contributed by atoms with van der Waals surface area (Å²) in [7, 11) is 0. The molecule has 38 heavy (non-hydrogen) atoms. The molecule has 0 radical (unpaired) electrons. The number of hydrogen-bond donors (Lipinski definition) is 1. The van der Waals surface area contributed by atoms with Crippen molar-refractivity contribution in [1.82, 2.24) is 19.2 Å². The van der Waals surface area contributed by atoms with Crippen LogP contribution in [-0.2, 0) is 16.9 Å². The fraction of sp³-hybridized carbons (Fsp3) is 0.448. The highest BCUT2D eigenvalue weighted by molar-refractivity contribution is 6.21. The van der Waals surface area contributed by atoms with Gasteiger partial charge in [-0.25, -0.2) is 9.78 Å². The normalized spacial score (nSPS) is 17.4. The summed E-state index contributed by atoms with van der Waals surface area (Å²) in [6, 6.07) is 8.79. The molecule has 3 aromatic rings. The zero-order valence-electron chi connectivity index (χ0n) is 22.5. The first kappa shape index (κ1) is 25.9. The van der Waals surface area contributed by atoms with Gasteiger partial charge in [-0.1, -0.05) is 26.0 Å². The summed E-state index contributed by atoms with van der Waals surface area (Å²) in [5, 5.41) is 11.8. The highest BCUT2D eigenvalue weighted by Gasteiger charge is 2.40. The molecule has 0 spiro atoms. The van der Waals surface area contributed by atoms with Crippen LogP contribution in [0.2, 0.25) is 0 Å². The van der Waals surface area contributed by atoms with Gasteiger partial charge in [0, 0.05) is 31.0 Å². The molecule has 2 aromatic heterocycles. The monoisotopic (exact) mass is 518 g/mol. The minimum Gasteiger partial charge on any atom is -0.444 e. The first-order valence-electron chi connectivity index (χ1n) is 13.0. The fourth-order valence-corrected chi connectivity index (χ4v) is 5.11. The van der Waals surface area contributed by atoms with E-state index in [4.69, 9.17) is 9.72 Å². The molecule has 0 saturated carbocycles. The van der Waals surface area contributed by atoms with Crippen LogP contribution in [-0.4, -0.2) is 60.9 Å². The number of likely N-dealkylation sites (tertiary alicyclic amines) is 1. The second-order valence-corrected chi connectivity index (χ2v) is 11.5. The Morgan fingerprint density at radius 1 is 1.08 bits per heavy atom. The van der Waals surface area contributed by atoms with Crippen molar-refractivity contribution in [3.63, 3.8) is 0 Å². The number of hydrogen-bond acceptors (Lipinski definition) is 6. The molecule has 1 N–H and O–H groups in total. The molecule has 0 unspecified atom stereocenters. The van der Waals surface area contributed by atoms with E-state index in [0.29, 0.717) is 54.0 Å². The van der Waals surface area contributed by atoms with Crippen LogP contribution in [0.25, 0.3) is 5.65 Å². The van der Waals surface area contributed by atoms with Crippen molar-refractivity contribution in [2.75, 3.05) is 13.1 Å². The molecule has 1 fully saturated rings. The zero-order valence-corrected chi connectivity index (χ0v) is 22.5. The minimum atomic E-state index is -1.19. The number of aliphatic hydroxyl groups is 1. The highest BCUT2D eigenvalue weighted by atomic mass is 16.6. The zero-order chi connectivity index (χ0) is 27.4. The van der Waals surface area contributed by atoms with Crippen LogP contribution in [0.3, 0.4) is 0 Å². The minimum absolute atomic E-state index is 0.0370. The number of ether oxygens (including phenoxy) is 1. The highest BCUT2D eigenvalue weighted by Crippen LogP contribution is 2.37. The van der Waals surface area contributed by atoms with E-state index in [1.165, 1.54) is 4.90 Å². The summed E-state index contributed by atoms with van der Waals surface area (Å²) in [6.45, 7) is 10.4. The molecule has 9 nitrogen and oxygen atoms in total. The van der Waals surface area contributed by atoms with Crippen LogP contribution in [0.4, 0.5) is 4.79 Å². The Bertz CT molecular complexity index is 1390. The number of rotatable bonds is 4. The van der Waals surface area contributed by atoms with Crippen LogP contribution in [0.1, 0.15) is 90.9 Å². The van der Waals surface area contributed by atoms with E-state index < -0.39 is 11.2 Å². The Morgan fingerprint density at radius 2 is 1.68 bits per heavy atom. The fourth-order valence-electron chi connectivity index (χ4n) is 5.11. The summed E-state index contributed by atoms with van der Waals surface area (Å²) >= 11 is 0. The van der Waals surface area contributed by atoms with Gasteiger partial charge >= 0.3 is 6.09 Å². The molecule has 200 valence electrons. The Morgan fingerprint density at radius 3 is 2.24 bits per heavy atom. The average Bonchev–Trinajstić information content (AvgIpc) is 3.37. The number of pyridine rings is 1. The lowest BCUT2D eigenvalue weighted by atomic mass is 9.83. The lowest BCUT2D eigenvalue weighted by Crippen LogP contribution is -2.47. The molecule has 2 aliphatic heterocycles. The van der Waals surface area contributed by atoms with Gasteiger partial charge in [0.05, 0.1) is 29.0 Å². The van der Waals surface area contributed by atoms with Crippen LogP contribution in [0, 0.1) is 0 Å². The van der Waals surface area contributed by atoms with E-state index in [0.717, 1.165) is 5.56 Å². The van der Waals surface area contributed by atoms with Gasteiger partial charge in [0.1, 0.15) is 11.2 Å². The van der Waals surface area contributed by atoms with Crippen molar-refractivity contribution in [3.05, 3.63) is 70.7 Å². The molecule has 5 rings (SSSR count). The number of nitrogens with zero attached hydrogens (tertiary/aromatic N) is 4. The van der Waals surface area contributed by atoms with Crippen LogP contribution in [0.5, 0.6) is 0 Å². The smallest absolute Gasteiger partial charge is 0.410 e. The number of aromatic nitrogens is 2. The largest absolute Gasteiger partial charge is 0.444 e. The number of imide groups is 1. The summed E-state index contributed by atoms with van der Waals surface area (Å²) in [5.74, 6) is -0.469. The third-order valence-electron chi connectivity index (χ3n) is 7.23. The van der Waals surface area contributed by atoms with Crippen molar-refractivity contribution in [1.29, 1.82) is 0 Å². The van der Waals surface area contributed by atoms with Gasteiger partial charge in [0.15, 0.2) is 0 Å². The maximum absolute atomic E-state index is 12.9. The molecule has 4 heterocycles. The van der Waals surface area contributed by atoms with E-state index in [1.54, 1.807) is 29.2 Å². The Balaban J connectivity index is 1.44.